The summed E-state index contributed by atoms with van der Waals surface area (Å²) >= 11 is 1.17. The standard InChI is InChI=1S/C18H19FN2O3S2/c1-13(22)20-12-17-6-7-18(25-17)26(23,24)21-10-8-15(9-11-21)14-2-4-16(19)5-3-14/h2-8H,9-12H2,1H3,(H,20,22). The molecule has 5 nitrogen and oxygen atoms in total. The number of nitrogens with zero attached hydrogens (tertiary/aromatic N) is 1. The van der Waals surface area contributed by atoms with Gasteiger partial charge in [-0.25, -0.2) is 12.8 Å². The van der Waals surface area contributed by atoms with Crippen molar-refractivity contribution < 1.29 is 17.6 Å². The summed E-state index contributed by atoms with van der Waals surface area (Å²) in [5, 5.41) is 2.66. The summed E-state index contributed by atoms with van der Waals surface area (Å²) < 4.78 is 40.3. The van der Waals surface area contributed by atoms with Crippen LogP contribution in [-0.4, -0.2) is 31.7 Å². The number of rotatable bonds is 5. The summed E-state index contributed by atoms with van der Waals surface area (Å²) in [4.78, 5) is 11.8. The molecule has 0 saturated carbocycles. The molecular formula is C18H19FN2O3S2. The van der Waals surface area contributed by atoms with Gasteiger partial charge in [0.2, 0.25) is 5.91 Å². The Kier molecular flexibility index (Phi) is 5.55. The third kappa shape index (κ3) is 4.20. The average Bonchev–Trinajstić information content (AvgIpc) is 3.11. The summed E-state index contributed by atoms with van der Waals surface area (Å²) in [6, 6.07) is 9.52. The van der Waals surface area contributed by atoms with Crippen molar-refractivity contribution in [1.82, 2.24) is 9.62 Å². The van der Waals surface area contributed by atoms with Gasteiger partial charge in [0.25, 0.3) is 10.0 Å². The van der Waals surface area contributed by atoms with E-state index in [-0.39, 0.29) is 22.5 Å². The fourth-order valence-corrected chi connectivity index (χ4v) is 5.56. The van der Waals surface area contributed by atoms with Crippen LogP contribution < -0.4 is 5.32 Å². The lowest BCUT2D eigenvalue weighted by atomic mass is 10.0. The highest BCUT2D eigenvalue weighted by molar-refractivity contribution is 7.91. The van der Waals surface area contributed by atoms with E-state index in [1.165, 1.54) is 34.7 Å². The molecule has 138 valence electrons. The number of amides is 1. The Morgan fingerprint density at radius 2 is 1.96 bits per heavy atom. The number of carbonyl (C=O) groups excluding carboxylic acids is 1. The lowest BCUT2D eigenvalue weighted by Crippen LogP contribution is -2.34. The number of sulfonamides is 1. The van der Waals surface area contributed by atoms with Gasteiger partial charge in [-0.1, -0.05) is 18.2 Å². The van der Waals surface area contributed by atoms with Crippen LogP contribution in [0, 0.1) is 5.82 Å². The van der Waals surface area contributed by atoms with Gasteiger partial charge in [-0.2, -0.15) is 4.31 Å². The van der Waals surface area contributed by atoms with Gasteiger partial charge in [-0.05, 0) is 41.8 Å². The van der Waals surface area contributed by atoms with Gasteiger partial charge in [0.05, 0.1) is 6.54 Å². The van der Waals surface area contributed by atoms with Gasteiger partial charge in [0.1, 0.15) is 10.0 Å². The molecule has 1 amide bonds. The molecule has 1 aliphatic heterocycles. The molecule has 0 fully saturated rings. The molecule has 0 atom stereocenters. The van der Waals surface area contributed by atoms with Gasteiger partial charge < -0.3 is 5.32 Å². The van der Waals surface area contributed by atoms with Crippen molar-refractivity contribution in [3.8, 4) is 0 Å². The Morgan fingerprint density at radius 1 is 1.23 bits per heavy atom. The van der Waals surface area contributed by atoms with Crippen molar-refractivity contribution in [2.24, 2.45) is 0 Å². The number of nitrogens with one attached hydrogen (secondary N) is 1. The van der Waals surface area contributed by atoms with Crippen LogP contribution in [0.5, 0.6) is 0 Å². The van der Waals surface area contributed by atoms with E-state index < -0.39 is 10.0 Å². The number of benzene rings is 1. The molecule has 2 aromatic rings. The van der Waals surface area contributed by atoms with E-state index in [4.69, 9.17) is 0 Å². The van der Waals surface area contributed by atoms with Crippen molar-refractivity contribution in [2.75, 3.05) is 13.1 Å². The number of hydrogen-bond donors (Lipinski definition) is 1. The SMILES string of the molecule is CC(=O)NCc1ccc(S(=O)(=O)N2CC=C(c3ccc(F)cc3)CC2)s1. The van der Waals surface area contributed by atoms with E-state index in [2.05, 4.69) is 5.32 Å². The van der Waals surface area contributed by atoms with E-state index in [1.54, 1.807) is 24.3 Å². The fourth-order valence-electron chi connectivity index (χ4n) is 2.73. The quantitative estimate of drug-likeness (QED) is 0.848. The highest BCUT2D eigenvalue weighted by atomic mass is 32.2. The van der Waals surface area contributed by atoms with E-state index >= 15 is 0 Å². The molecule has 8 heteroatoms. The largest absolute Gasteiger partial charge is 0.351 e. The molecule has 3 rings (SSSR count). The minimum absolute atomic E-state index is 0.155. The maximum Gasteiger partial charge on any atom is 0.252 e. The summed E-state index contributed by atoms with van der Waals surface area (Å²) in [5.41, 5.74) is 1.94. The Balaban J connectivity index is 1.71. The van der Waals surface area contributed by atoms with Crippen LogP contribution in [-0.2, 0) is 21.4 Å². The van der Waals surface area contributed by atoms with Crippen LogP contribution in [0.3, 0.4) is 0 Å². The number of carbonyl (C=O) groups is 1. The van der Waals surface area contributed by atoms with E-state index in [0.29, 0.717) is 19.5 Å². The zero-order valence-corrected chi connectivity index (χ0v) is 15.9. The first-order chi connectivity index (χ1) is 12.4. The second-order valence-corrected chi connectivity index (χ2v) is 9.31. The van der Waals surface area contributed by atoms with Crippen molar-refractivity contribution in [3.05, 3.63) is 58.7 Å². The van der Waals surface area contributed by atoms with Crippen LogP contribution in [0.1, 0.15) is 23.8 Å². The van der Waals surface area contributed by atoms with Crippen molar-refractivity contribution >= 4 is 32.8 Å². The lowest BCUT2D eigenvalue weighted by molar-refractivity contribution is -0.119. The van der Waals surface area contributed by atoms with Crippen LogP contribution in [0.15, 0.2) is 46.7 Å². The second-order valence-electron chi connectivity index (χ2n) is 5.98. The summed E-state index contributed by atoms with van der Waals surface area (Å²) in [6.45, 7) is 2.41. The molecule has 1 N–H and O–H groups in total. The van der Waals surface area contributed by atoms with Gasteiger partial charge in [-0.15, -0.1) is 11.3 Å². The normalized spacial score (nSPS) is 15.5. The van der Waals surface area contributed by atoms with E-state index in [0.717, 1.165) is 16.0 Å². The van der Waals surface area contributed by atoms with Crippen molar-refractivity contribution in [2.45, 2.75) is 24.1 Å². The van der Waals surface area contributed by atoms with Gasteiger partial charge in [0.15, 0.2) is 0 Å². The van der Waals surface area contributed by atoms with Crippen LogP contribution in [0.4, 0.5) is 4.39 Å². The van der Waals surface area contributed by atoms with Crippen molar-refractivity contribution in [3.63, 3.8) is 0 Å². The van der Waals surface area contributed by atoms with Gasteiger partial charge in [-0.3, -0.25) is 4.79 Å². The van der Waals surface area contributed by atoms with E-state index in [1.807, 2.05) is 6.08 Å². The third-order valence-corrected chi connectivity index (χ3v) is 7.55. The fraction of sp³-hybridized carbons (Fsp3) is 0.278. The molecule has 1 aromatic heterocycles. The van der Waals surface area contributed by atoms with Crippen LogP contribution in [0.25, 0.3) is 5.57 Å². The van der Waals surface area contributed by atoms with E-state index in [9.17, 15) is 17.6 Å². The zero-order valence-electron chi connectivity index (χ0n) is 14.2. The van der Waals surface area contributed by atoms with Gasteiger partial charge >= 0.3 is 0 Å². The minimum atomic E-state index is -3.56. The molecule has 1 aromatic carbocycles. The number of thiophene rings is 1. The summed E-state index contributed by atoms with van der Waals surface area (Å²) in [5.74, 6) is -0.445. The maximum atomic E-state index is 13.0. The first-order valence-electron chi connectivity index (χ1n) is 8.14. The monoisotopic (exact) mass is 394 g/mol. The molecule has 0 saturated heterocycles. The summed E-state index contributed by atoms with van der Waals surface area (Å²) in [7, 11) is -3.56. The molecular weight excluding hydrogens is 375 g/mol. The molecule has 0 aliphatic carbocycles. The molecule has 0 bridgehead atoms. The predicted molar refractivity (Wildman–Crippen MR) is 99.6 cm³/mol. The number of hydrogen-bond acceptors (Lipinski definition) is 4. The van der Waals surface area contributed by atoms with Gasteiger partial charge in [0, 0.05) is 24.9 Å². The van der Waals surface area contributed by atoms with Crippen molar-refractivity contribution in [1.29, 1.82) is 0 Å². The van der Waals surface area contributed by atoms with Crippen LogP contribution >= 0.6 is 11.3 Å². The molecule has 1 aliphatic rings. The second kappa shape index (κ2) is 7.69. The van der Waals surface area contributed by atoms with Crippen LogP contribution in [0.2, 0.25) is 0 Å². The maximum absolute atomic E-state index is 13.0. The molecule has 2 heterocycles. The molecule has 0 spiro atoms. The third-order valence-electron chi connectivity index (χ3n) is 4.13. The minimum Gasteiger partial charge on any atom is -0.351 e. The molecule has 0 unspecified atom stereocenters. The first kappa shape index (κ1) is 18.8. The Labute approximate surface area is 156 Å². The predicted octanol–water partition coefficient (Wildman–Crippen LogP) is 3.00. The Bertz CT molecular complexity index is 934. The highest BCUT2D eigenvalue weighted by Crippen LogP contribution is 2.29. The average molecular weight is 394 g/mol. The summed E-state index contributed by atoms with van der Waals surface area (Å²) in [6.07, 6.45) is 2.45. The molecule has 26 heavy (non-hydrogen) atoms. The first-order valence-corrected chi connectivity index (χ1v) is 10.4. The highest BCUT2D eigenvalue weighted by Gasteiger charge is 2.27. The lowest BCUT2D eigenvalue weighted by Gasteiger charge is -2.25. The number of halogens is 1. The Morgan fingerprint density at radius 3 is 2.58 bits per heavy atom. The Hall–Kier alpha value is -2.03. The zero-order chi connectivity index (χ0) is 18.7. The topological polar surface area (TPSA) is 66.5 Å². The smallest absolute Gasteiger partial charge is 0.252 e. The molecule has 0 radical (unpaired) electrons.